The zero-order valence-electron chi connectivity index (χ0n) is 8.84. The predicted octanol–water partition coefficient (Wildman–Crippen LogP) is 3.02. The van der Waals surface area contributed by atoms with Crippen LogP contribution in [0, 0.1) is 11.3 Å². The fourth-order valence-corrected chi connectivity index (χ4v) is 1.55. The van der Waals surface area contributed by atoms with Crippen molar-refractivity contribution in [2.24, 2.45) is 0 Å². The number of nitrogens with zero attached hydrogens (tertiary/aromatic N) is 1. The van der Waals surface area contributed by atoms with Gasteiger partial charge in [-0.15, -0.1) is 11.6 Å². The number of ether oxygens (including phenoxy) is 1. The molecule has 0 radical (unpaired) electrons. The molecule has 0 aliphatic heterocycles. The lowest BCUT2D eigenvalue weighted by Gasteiger charge is -2.10. The molecule has 0 heterocycles. The van der Waals surface area contributed by atoms with E-state index in [0.29, 0.717) is 5.56 Å². The van der Waals surface area contributed by atoms with Crippen molar-refractivity contribution in [3.63, 3.8) is 0 Å². The zero-order valence-corrected chi connectivity index (χ0v) is 9.59. The number of hydrogen-bond acceptors (Lipinski definition) is 3. The topological polar surface area (TPSA) is 50.1 Å². The molecular weight excluding hydrogens is 252 g/mol. The smallest absolute Gasteiger partial charge is 0.338 e. The molecule has 6 heteroatoms. The van der Waals surface area contributed by atoms with Crippen LogP contribution in [0.2, 0.25) is 0 Å². The lowest BCUT2D eigenvalue weighted by Crippen LogP contribution is -2.09. The van der Waals surface area contributed by atoms with Crippen LogP contribution in [0.25, 0.3) is 0 Å². The number of halogens is 3. The number of carbonyl (C=O) groups is 1. The molecular formula is C11H8ClF2NO2. The number of alkyl halides is 3. The average molecular weight is 260 g/mol. The van der Waals surface area contributed by atoms with Crippen LogP contribution in [0.1, 0.15) is 33.5 Å². The highest BCUT2D eigenvalue weighted by molar-refractivity contribution is 6.17. The summed E-state index contributed by atoms with van der Waals surface area (Å²) in [6, 6.07) is 4.07. The molecule has 0 amide bonds. The first-order chi connectivity index (χ1) is 8.04. The third-order valence-electron chi connectivity index (χ3n) is 2.14. The highest BCUT2D eigenvalue weighted by Gasteiger charge is 2.23. The number of carbonyl (C=O) groups excluding carboxylic acids is 1. The van der Waals surface area contributed by atoms with E-state index in [0.717, 1.165) is 7.11 Å². The van der Waals surface area contributed by atoms with Gasteiger partial charge >= 0.3 is 5.97 Å². The van der Waals surface area contributed by atoms with Crippen LogP contribution in [0.4, 0.5) is 8.78 Å². The molecule has 0 aliphatic rings. The van der Waals surface area contributed by atoms with Gasteiger partial charge in [0, 0.05) is 11.4 Å². The molecule has 0 saturated heterocycles. The average Bonchev–Trinajstić information content (AvgIpc) is 2.35. The molecule has 0 fully saturated rings. The monoisotopic (exact) mass is 259 g/mol. The molecule has 0 spiro atoms. The van der Waals surface area contributed by atoms with Gasteiger partial charge in [-0.2, -0.15) is 5.26 Å². The first kappa shape index (κ1) is 13.4. The Balaban J connectivity index is 3.53. The van der Waals surface area contributed by atoms with Gasteiger partial charge in [-0.3, -0.25) is 0 Å². The van der Waals surface area contributed by atoms with E-state index in [-0.39, 0.29) is 17.0 Å². The Morgan fingerprint density at radius 3 is 2.65 bits per heavy atom. The fraction of sp³-hybridized carbons (Fsp3) is 0.273. The minimum absolute atomic E-state index is 0.0161. The number of esters is 1. The van der Waals surface area contributed by atoms with Crippen LogP contribution in [0.15, 0.2) is 12.1 Å². The minimum Gasteiger partial charge on any atom is -0.465 e. The van der Waals surface area contributed by atoms with Crippen molar-refractivity contribution in [3.8, 4) is 6.07 Å². The third kappa shape index (κ3) is 2.71. The first-order valence-corrected chi connectivity index (χ1v) is 5.08. The van der Waals surface area contributed by atoms with Gasteiger partial charge in [0.2, 0.25) is 0 Å². The Bertz CT molecular complexity index is 483. The summed E-state index contributed by atoms with van der Waals surface area (Å²) < 4.78 is 30.0. The second-order valence-electron chi connectivity index (χ2n) is 3.14. The molecule has 0 aliphatic carbocycles. The molecule has 1 rings (SSSR count). The molecule has 0 bridgehead atoms. The van der Waals surface area contributed by atoms with Gasteiger partial charge in [0.25, 0.3) is 6.43 Å². The summed E-state index contributed by atoms with van der Waals surface area (Å²) in [5.41, 5.74) is -0.794. The van der Waals surface area contributed by atoms with Crippen molar-refractivity contribution < 1.29 is 18.3 Å². The van der Waals surface area contributed by atoms with Crippen molar-refractivity contribution in [3.05, 3.63) is 34.4 Å². The number of methoxy groups -OCH3 is 1. The third-order valence-corrected chi connectivity index (χ3v) is 2.45. The number of hydrogen-bond donors (Lipinski definition) is 0. The summed E-state index contributed by atoms with van der Waals surface area (Å²) >= 11 is 5.56. The standard InChI is InChI=1S/C11H8ClF2NO2/c1-17-11(16)8-3-6(4-12)2-7(5-15)9(8)10(13)14/h2-3,10H,4H2,1H3. The SMILES string of the molecule is COC(=O)c1cc(CCl)cc(C#N)c1C(F)F. The number of benzene rings is 1. The van der Waals surface area contributed by atoms with E-state index < -0.39 is 18.0 Å². The van der Waals surface area contributed by atoms with Gasteiger partial charge < -0.3 is 4.74 Å². The Hall–Kier alpha value is -1.67. The summed E-state index contributed by atoms with van der Waals surface area (Å²) in [6.45, 7) is 0. The van der Waals surface area contributed by atoms with Crippen molar-refractivity contribution in [1.29, 1.82) is 5.26 Å². The number of rotatable bonds is 3. The molecule has 0 unspecified atom stereocenters. The Morgan fingerprint density at radius 2 is 2.24 bits per heavy atom. The highest BCUT2D eigenvalue weighted by Crippen LogP contribution is 2.29. The van der Waals surface area contributed by atoms with E-state index in [1.165, 1.54) is 12.1 Å². The Kier molecular flexibility index (Phi) is 4.41. The van der Waals surface area contributed by atoms with Crippen LogP contribution in [-0.4, -0.2) is 13.1 Å². The summed E-state index contributed by atoms with van der Waals surface area (Å²) in [6.07, 6.45) is -2.93. The highest BCUT2D eigenvalue weighted by atomic mass is 35.5. The second-order valence-corrected chi connectivity index (χ2v) is 3.41. The van der Waals surface area contributed by atoms with Crippen LogP contribution in [0.3, 0.4) is 0 Å². The van der Waals surface area contributed by atoms with Crippen molar-refractivity contribution in [2.45, 2.75) is 12.3 Å². The van der Waals surface area contributed by atoms with E-state index in [1.54, 1.807) is 6.07 Å². The zero-order chi connectivity index (χ0) is 13.0. The lowest BCUT2D eigenvalue weighted by molar-refractivity contribution is 0.0589. The summed E-state index contributed by atoms with van der Waals surface area (Å²) in [4.78, 5) is 11.4. The molecule has 1 aromatic rings. The number of nitriles is 1. The van der Waals surface area contributed by atoms with Crippen LogP contribution in [-0.2, 0) is 10.6 Å². The predicted molar refractivity (Wildman–Crippen MR) is 57.0 cm³/mol. The van der Waals surface area contributed by atoms with Gasteiger partial charge in [-0.1, -0.05) is 0 Å². The molecule has 90 valence electrons. The molecule has 1 aromatic carbocycles. The van der Waals surface area contributed by atoms with Crippen LogP contribution in [0.5, 0.6) is 0 Å². The maximum atomic E-state index is 12.8. The van der Waals surface area contributed by atoms with Crippen LogP contribution >= 0.6 is 11.6 Å². The first-order valence-electron chi connectivity index (χ1n) is 4.54. The molecule has 0 atom stereocenters. The lowest BCUT2D eigenvalue weighted by atomic mass is 9.99. The largest absolute Gasteiger partial charge is 0.465 e. The van der Waals surface area contributed by atoms with E-state index >= 15 is 0 Å². The van der Waals surface area contributed by atoms with E-state index in [4.69, 9.17) is 16.9 Å². The van der Waals surface area contributed by atoms with Gasteiger partial charge in [0.15, 0.2) is 0 Å². The van der Waals surface area contributed by atoms with Crippen molar-refractivity contribution in [1.82, 2.24) is 0 Å². The maximum Gasteiger partial charge on any atom is 0.338 e. The minimum atomic E-state index is -2.93. The normalized spacial score (nSPS) is 10.1. The van der Waals surface area contributed by atoms with Crippen molar-refractivity contribution in [2.75, 3.05) is 7.11 Å². The van der Waals surface area contributed by atoms with E-state index in [9.17, 15) is 13.6 Å². The maximum absolute atomic E-state index is 12.8. The Labute approximate surface area is 102 Å². The van der Waals surface area contributed by atoms with Gasteiger partial charge in [0.1, 0.15) is 0 Å². The summed E-state index contributed by atoms with van der Waals surface area (Å²) in [7, 11) is 1.08. The molecule has 3 nitrogen and oxygen atoms in total. The molecule has 0 saturated carbocycles. The molecule has 0 aromatic heterocycles. The second kappa shape index (κ2) is 5.60. The van der Waals surface area contributed by atoms with E-state index in [2.05, 4.69) is 4.74 Å². The summed E-state index contributed by atoms with van der Waals surface area (Å²) in [5, 5.41) is 8.79. The fourth-order valence-electron chi connectivity index (χ4n) is 1.40. The summed E-state index contributed by atoms with van der Waals surface area (Å²) in [5.74, 6) is -0.897. The molecule has 0 N–H and O–H groups in total. The van der Waals surface area contributed by atoms with Gasteiger partial charge in [0.05, 0.1) is 24.3 Å². The van der Waals surface area contributed by atoms with Gasteiger partial charge in [-0.25, -0.2) is 13.6 Å². The molecule has 17 heavy (non-hydrogen) atoms. The van der Waals surface area contributed by atoms with Crippen molar-refractivity contribution >= 4 is 17.6 Å². The van der Waals surface area contributed by atoms with Gasteiger partial charge in [-0.05, 0) is 17.7 Å². The van der Waals surface area contributed by atoms with Crippen LogP contribution < -0.4 is 0 Å². The van der Waals surface area contributed by atoms with E-state index in [1.807, 2.05) is 0 Å². The Morgan fingerprint density at radius 1 is 1.59 bits per heavy atom. The quantitative estimate of drug-likeness (QED) is 0.619.